The van der Waals surface area contributed by atoms with Crippen molar-refractivity contribution in [3.63, 3.8) is 0 Å². The number of hydrogen-bond acceptors (Lipinski definition) is 4. The average Bonchev–Trinajstić information content (AvgIpc) is 2.95. The number of ketones is 1. The molecule has 160 valence electrons. The van der Waals surface area contributed by atoms with Crippen molar-refractivity contribution in [1.29, 1.82) is 0 Å². The van der Waals surface area contributed by atoms with Gasteiger partial charge in [-0.05, 0) is 57.7 Å². The molecule has 2 aromatic carbocycles. The standard InChI is InChI=1S/C26H32O4/c1-18-14-19(2)25(20(3)27)22(15-18)12-9-13-23-24(30-26(4,5)29-23)17-28-16-21-10-7-6-8-11-21/h6-12,14-15,23-24H,13,16-17H2,1-5H3/b12-9+/t23-,24+/m0/s1. The molecule has 2 aromatic rings. The van der Waals surface area contributed by atoms with Crippen LogP contribution in [0, 0.1) is 13.8 Å². The summed E-state index contributed by atoms with van der Waals surface area (Å²) in [6, 6.07) is 14.2. The molecule has 0 unspecified atom stereocenters. The van der Waals surface area contributed by atoms with E-state index in [1.54, 1.807) is 6.92 Å². The molecule has 4 nitrogen and oxygen atoms in total. The maximum atomic E-state index is 12.1. The number of ether oxygens (including phenoxy) is 3. The normalized spacial score (nSPS) is 20.7. The molecule has 0 bridgehead atoms. The van der Waals surface area contributed by atoms with Crippen LogP contribution < -0.4 is 0 Å². The molecule has 0 spiro atoms. The highest BCUT2D eigenvalue weighted by Crippen LogP contribution is 2.31. The summed E-state index contributed by atoms with van der Waals surface area (Å²) in [5.74, 6) is -0.551. The van der Waals surface area contributed by atoms with Crippen molar-refractivity contribution >= 4 is 11.9 Å². The highest BCUT2D eigenvalue weighted by atomic mass is 16.8. The monoisotopic (exact) mass is 408 g/mol. The fraction of sp³-hybridized carbons (Fsp3) is 0.423. The minimum Gasteiger partial charge on any atom is -0.374 e. The SMILES string of the molecule is CC(=O)c1c(C)cc(C)cc1/C=C/C[C@@H]1OC(C)(C)O[C@@H]1COCc1ccccc1. The van der Waals surface area contributed by atoms with Gasteiger partial charge in [0, 0.05) is 5.56 Å². The highest BCUT2D eigenvalue weighted by Gasteiger charge is 2.40. The van der Waals surface area contributed by atoms with Gasteiger partial charge in [0.25, 0.3) is 0 Å². The maximum Gasteiger partial charge on any atom is 0.163 e. The van der Waals surface area contributed by atoms with Crippen LogP contribution in [-0.2, 0) is 20.8 Å². The molecule has 1 fully saturated rings. The fourth-order valence-electron chi connectivity index (χ4n) is 4.06. The average molecular weight is 409 g/mol. The lowest BCUT2D eigenvalue weighted by Gasteiger charge is -2.16. The van der Waals surface area contributed by atoms with Crippen molar-refractivity contribution in [3.05, 3.63) is 76.4 Å². The van der Waals surface area contributed by atoms with Gasteiger partial charge in [0.1, 0.15) is 6.10 Å². The van der Waals surface area contributed by atoms with Crippen molar-refractivity contribution in [2.45, 2.75) is 65.6 Å². The van der Waals surface area contributed by atoms with Crippen molar-refractivity contribution in [2.24, 2.45) is 0 Å². The largest absolute Gasteiger partial charge is 0.374 e. The first-order chi connectivity index (χ1) is 14.2. The fourth-order valence-corrected chi connectivity index (χ4v) is 4.06. The van der Waals surface area contributed by atoms with Crippen LogP contribution in [0.2, 0.25) is 0 Å². The number of aryl methyl sites for hydroxylation is 2. The molecule has 0 aliphatic carbocycles. The Morgan fingerprint density at radius 3 is 2.50 bits per heavy atom. The van der Waals surface area contributed by atoms with Crippen LogP contribution in [0.5, 0.6) is 0 Å². The molecule has 0 N–H and O–H groups in total. The van der Waals surface area contributed by atoms with Gasteiger partial charge in [-0.15, -0.1) is 0 Å². The third-order valence-corrected chi connectivity index (χ3v) is 5.21. The molecule has 1 aliphatic heterocycles. The summed E-state index contributed by atoms with van der Waals surface area (Å²) in [5, 5.41) is 0. The third-order valence-electron chi connectivity index (χ3n) is 5.21. The van der Waals surface area contributed by atoms with Crippen LogP contribution >= 0.6 is 0 Å². The Hall–Kier alpha value is -2.27. The molecular formula is C26H32O4. The van der Waals surface area contributed by atoms with E-state index in [-0.39, 0.29) is 18.0 Å². The van der Waals surface area contributed by atoms with Gasteiger partial charge in [0.05, 0.1) is 19.3 Å². The molecule has 1 heterocycles. The number of rotatable bonds is 8. The highest BCUT2D eigenvalue weighted by molar-refractivity contribution is 5.99. The van der Waals surface area contributed by atoms with Gasteiger partial charge in [-0.1, -0.05) is 60.2 Å². The number of benzene rings is 2. The lowest BCUT2D eigenvalue weighted by atomic mass is 9.95. The molecule has 0 radical (unpaired) electrons. The molecule has 3 rings (SSSR count). The van der Waals surface area contributed by atoms with Crippen molar-refractivity contribution in [2.75, 3.05) is 6.61 Å². The molecule has 0 amide bonds. The molecular weight excluding hydrogens is 376 g/mol. The zero-order valence-electron chi connectivity index (χ0n) is 18.6. The van der Waals surface area contributed by atoms with Crippen LogP contribution in [-0.4, -0.2) is 30.4 Å². The minimum absolute atomic E-state index is 0.0842. The second-order valence-corrected chi connectivity index (χ2v) is 8.45. The van der Waals surface area contributed by atoms with Crippen LogP contribution in [0.3, 0.4) is 0 Å². The second kappa shape index (κ2) is 9.69. The molecule has 2 atom stereocenters. The first kappa shape index (κ1) is 22.4. The topological polar surface area (TPSA) is 44.8 Å². The molecule has 0 saturated carbocycles. The molecule has 1 saturated heterocycles. The Morgan fingerprint density at radius 2 is 1.80 bits per heavy atom. The van der Waals surface area contributed by atoms with E-state index in [1.807, 2.05) is 70.2 Å². The number of carbonyl (C=O) groups is 1. The van der Waals surface area contributed by atoms with Gasteiger partial charge >= 0.3 is 0 Å². The summed E-state index contributed by atoms with van der Waals surface area (Å²) >= 11 is 0. The van der Waals surface area contributed by atoms with Gasteiger partial charge in [-0.25, -0.2) is 0 Å². The molecule has 4 heteroatoms. The Morgan fingerprint density at radius 1 is 1.10 bits per heavy atom. The summed E-state index contributed by atoms with van der Waals surface area (Å²) < 4.78 is 18.1. The molecule has 0 aromatic heterocycles. The third kappa shape index (κ3) is 5.88. The van der Waals surface area contributed by atoms with E-state index >= 15 is 0 Å². The van der Waals surface area contributed by atoms with Crippen LogP contribution in [0.1, 0.15) is 59.8 Å². The lowest BCUT2D eigenvalue weighted by Crippen LogP contribution is -2.27. The van der Waals surface area contributed by atoms with E-state index in [0.29, 0.717) is 19.6 Å². The van der Waals surface area contributed by atoms with Gasteiger partial charge in [0.2, 0.25) is 0 Å². The smallest absolute Gasteiger partial charge is 0.163 e. The van der Waals surface area contributed by atoms with E-state index < -0.39 is 5.79 Å². The van der Waals surface area contributed by atoms with E-state index in [9.17, 15) is 4.79 Å². The maximum absolute atomic E-state index is 12.1. The summed E-state index contributed by atoms with van der Waals surface area (Å²) in [4.78, 5) is 12.1. The Balaban J connectivity index is 1.64. The van der Waals surface area contributed by atoms with E-state index in [4.69, 9.17) is 14.2 Å². The van der Waals surface area contributed by atoms with Gasteiger partial charge in [0.15, 0.2) is 11.6 Å². The van der Waals surface area contributed by atoms with Crippen molar-refractivity contribution < 1.29 is 19.0 Å². The van der Waals surface area contributed by atoms with Crippen LogP contribution in [0.25, 0.3) is 6.08 Å². The summed E-state index contributed by atoms with van der Waals surface area (Å²) in [6.45, 7) is 10.5. The van der Waals surface area contributed by atoms with Gasteiger partial charge in [-0.3, -0.25) is 4.79 Å². The van der Waals surface area contributed by atoms with Crippen molar-refractivity contribution in [3.8, 4) is 0 Å². The second-order valence-electron chi connectivity index (χ2n) is 8.45. The van der Waals surface area contributed by atoms with Gasteiger partial charge in [-0.2, -0.15) is 0 Å². The number of Topliss-reactive ketones (excluding diaryl/α,β-unsaturated/α-hetero) is 1. The van der Waals surface area contributed by atoms with E-state index in [2.05, 4.69) is 12.1 Å². The molecule has 30 heavy (non-hydrogen) atoms. The summed E-state index contributed by atoms with van der Waals surface area (Å²) in [6.07, 6.45) is 4.54. The zero-order valence-corrected chi connectivity index (χ0v) is 18.6. The number of carbonyl (C=O) groups excluding carboxylic acids is 1. The van der Waals surface area contributed by atoms with Crippen LogP contribution in [0.4, 0.5) is 0 Å². The lowest BCUT2D eigenvalue weighted by molar-refractivity contribution is -0.151. The van der Waals surface area contributed by atoms with E-state index in [0.717, 1.165) is 27.8 Å². The Bertz CT molecular complexity index is 899. The van der Waals surface area contributed by atoms with Gasteiger partial charge < -0.3 is 14.2 Å². The Labute approximate surface area is 179 Å². The van der Waals surface area contributed by atoms with E-state index in [1.165, 1.54) is 0 Å². The predicted octanol–water partition coefficient (Wildman–Crippen LogP) is 5.65. The number of hydrogen-bond donors (Lipinski definition) is 0. The predicted molar refractivity (Wildman–Crippen MR) is 119 cm³/mol. The molecule has 1 aliphatic rings. The summed E-state index contributed by atoms with van der Waals surface area (Å²) in [7, 11) is 0. The quantitative estimate of drug-likeness (QED) is 0.530. The first-order valence-electron chi connectivity index (χ1n) is 10.5. The summed E-state index contributed by atoms with van der Waals surface area (Å²) in [5.41, 5.74) is 5.03. The zero-order chi connectivity index (χ0) is 21.7. The van der Waals surface area contributed by atoms with Crippen LogP contribution in [0.15, 0.2) is 48.5 Å². The Kier molecular flexibility index (Phi) is 7.24. The first-order valence-corrected chi connectivity index (χ1v) is 10.5. The van der Waals surface area contributed by atoms with Crippen molar-refractivity contribution in [1.82, 2.24) is 0 Å². The minimum atomic E-state index is -0.635.